The highest BCUT2D eigenvalue weighted by Gasteiger charge is 2.21. The lowest BCUT2D eigenvalue weighted by molar-refractivity contribution is 0.0349. The highest BCUT2D eigenvalue weighted by atomic mass is 16.6. The summed E-state index contributed by atoms with van der Waals surface area (Å²) in [6.07, 6.45) is 4.75. The van der Waals surface area contributed by atoms with Crippen molar-refractivity contribution in [3.05, 3.63) is 23.9 Å². The summed E-state index contributed by atoms with van der Waals surface area (Å²) in [5.74, 6) is 0. The molecule has 0 aromatic carbocycles. The molecule has 1 aliphatic heterocycles. The molecule has 15 heavy (non-hydrogen) atoms. The van der Waals surface area contributed by atoms with Crippen LogP contribution in [0.15, 0.2) is 23.9 Å². The maximum absolute atomic E-state index is 11.6. The molecular formula is C11H17NO3. The molecule has 0 unspecified atom stereocenters. The van der Waals surface area contributed by atoms with Gasteiger partial charge >= 0.3 is 6.09 Å². The Labute approximate surface area is 89.8 Å². The Kier molecular flexibility index (Phi) is 3.52. The molecule has 4 nitrogen and oxygen atoms in total. The predicted molar refractivity (Wildman–Crippen MR) is 57.2 cm³/mol. The van der Waals surface area contributed by atoms with E-state index in [9.17, 15) is 4.79 Å². The SMILES string of the molecule is CC(C)(C)OC(=O)N1C=CC(CO)=CC1. The molecule has 1 rings (SSSR count). The molecule has 1 amide bonds. The van der Waals surface area contributed by atoms with Crippen molar-refractivity contribution in [2.75, 3.05) is 13.2 Å². The summed E-state index contributed by atoms with van der Waals surface area (Å²) >= 11 is 0. The maximum Gasteiger partial charge on any atom is 0.414 e. The number of aliphatic hydroxyl groups is 1. The van der Waals surface area contributed by atoms with Gasteiger partial charge in [0.1, 0.15) is 5.60 Å². The maximum atomic E-state index is 11.6. The molecule has 0 atom stereocenters. The van der Waals surface area contributed by atoms with Gasteiger partial charge in [-0.1, -0.05) is 6.08 Å². The number of ether oxygens (including phenoxy) is 1. The summed E-state index contributed by atoms with van der Waals surface area (Å²) in [7, 11) is 0. The third-order valence-corrected chi connectivity index (χ3v) is 1.83. The topological polar surface area (TPSA) is 49.8 Å². The van der Waals surface area contributed by atoms with Crippen molar-refractivity contribution >= 4 is 6.09 Å². The fourth-order valence-electron chi connectivity index (χ4n) is 1.10. The summed E-state index contributed by atoms with van der Waals surface area (Å²) in [6.45, 7) is 5.93. The summed E-state index contributed by atoms with van der Waals surface area (Å²) < 4.78 is 5.19. The van der Waals surface area contributed by atoms with Gasteiger partial charge in [-0.2, -0.15) is 0 Å². The first-order valence-electron chi connectivity index (χ1n) is 4.90. The molecule has 1 heterocycles. The molecule has 0 aliphatic carbocycles. The van der Waals surface area contributed by atoms with E-state index in [1.165, 1.54) is 4.90 Å². The zero-order chi connectivity index (χ0) is 11.5. The highest BCUT2D eigenvalue weighted by Crippen LogP contribution is 2.13. The fourth-order valence-corrected chi connectivity index (χ4v) is 1.10. The molecule has 1 aliphatic rings. The standard InChI is InChI=1S/C11H17NO3/c1-11(2,3)15-10(14)12-6-4-9(8-13)5-7-12/h4-6,13H,7-8H2,1-3H3. The van der Waals surface area contributed by atoms with Gasteiger partial charge in [0.05, 0.1) is 6.61 Å². The molecule has 4 heteroatoms. The lowest BCUT2D eigenvalue weighted by atomic mass is 10.2. The first-order chi connectivity index (χ1) is 6.92. The predicted octanol–water partition coefficient (Wildman–Crippen LogP) is 1.67. The van der Waals surface area contributed by atoms with Gasteiger partial charge in [-0.25, -0.2) is 4.79 Å². The van der Waals surface area contributed by atoms with Crippen LogP contribution in [0.25, 0.3) is 0 Å². The van der Waals surface area contributed by atoms with Crippen LogP contribution in [0.4, 0.5) is 4.79 Å². The molecular weight excluding hydrogens is 194 g/mol. The average Bonchev–Trinajstić information content (AvgIpc) is 2.15. The molecule has 0 aromatic rings. The normalized spacial score (nSPS) is 16.3. The number of carbonyl (C=O) groups is 1. The van der Waals surface area contributed by atoms with E-state index in [-0.39, 0.29) is 12.7 Å². The second-order valence-electron chi connectivity index (χ2n) is 4.39. The minimum Gasteiger partial charge on any atom is -0.443 e. The van der Waals surface area contributed by atoms with E-state index in [1.807, 2.05) is 20.8 Å². The number of hydrogen-bond donors (Lipinski definition) is 1. The largest absolute Gasteiger partial charge is 0.443 e. The molecule has 0 aromatic heterocycles. The van der Waals surface area contributed by atoms with Crippen molar-refractivity contribution in [1.29, 1.82) is 0 Å². The smallest absolute Gasteiger partial charge is 0.414 e. The van der Waals surface area contributed by atoms with Gasteiger partial charge in [0.15, 0.2) is 0 Å². The number of nitrogens with zero attached hydrogens (tertiary/aromatic N) is 1. The summed E-state index contributed by atoms with van der Waals surface area (Å²) in [6, 6.07) is 0. The van der Waals surface area contributed by atoms with Crippen molar-refractivity contribution < 1.29 is 14.6 Å². The first-order valence-corrected chi connectivity index (χ1v) is 4.90. The lowest BCUT2D eigenvalue weighted by Crippen LogP contribution is -2.34. The Hall–Kier alpha value is -1.29. The van der Waals surface area contributed by atoms with Crippen LogP contribution in [0, 0.1) is 0 Å². The second kappa shape index (κ2) is 4.49. The van der Waals surface area contributed by atoms with E-state index < -0.39 is 5.60 Å². The zero-order valence-electron chi connectivity index (χ0n) is 9.36. The van der Waals surface area contributed by atoms with Crippen LogP contribution in [0.1, 0.15) is 20.8 Å². The van der Waals surface area contributed by atoms with Gasteiger partial charge in [0.2, 0.25) is 0 Å². The van der Waals surface area contributed by atoms with Gasteiger partial charge < -0.3 is 9.84 Å². The Morgan fingerprint density at radius 1 is 1.60 bits per heavy atom. The summed E-state index contributed by atoms with van der Waals surface area (Å²) in [5, 5.41) is 8.85. The zero-order valence-corrected chi connectivity index (χ0v) is 9.36. The number of amides is 1. The third kappa shape index (κ3) is 3.75. The van der Waals surface area contributed by atoms with Crippen LogP contribution in [0.5, 0.6) is 0 Å². The van der Waals surface area contributed by atoms with Gasteiger partial charge in [0, 0.05) is 12.7 Å². The minimum absolute atomic E-state index is 0.00133. The molecule has 0 bridgehead atoms. The van der Waals surface area contributed by atoms with E-state index in [4.69, 9.17) is 9.84 Å². The lowest BCUT2D eigenvalue weighted by Gasteiger charge is -2.25. The highest BCUT2D eigenvalue weighted by molar-refractivity contribution is 5.70. The molecule has 0 saturated carbocycles. The first kappa shape index (κ1) is 11.8. The van der Waals surface area contributed by atoms with Crippen molar-refractivity contribution in [1.82, 2.24) is 4.90 Å². The Bertz CT molecular complexity index is 299. The third-order valence-electron chi connectivity index (χ3n) is 1.83. The van der Waals surface area contributed by atoms with Gasteiger partial charge in [-0.15, -0.1) is 0 Å². The number of carbonyl (C=O) groups excluding carboxylic acids is 1. The van der Waals surface area contributed by atoms with Gasteiger partial charge in [-0.3, -0.25) is 4.90 Å². The quantitative estimate of drug-likeness (QED) is 0.717. The Morgan fingerprint density at radius 2 is 2.27 bits per heavy atom. The van der Waals surface area contributed by atoms with Crippen LogP contribution >= 0.6 is 0 Å². The second-order valence-corrected chi connectivity index (χ2v) is 4.39. The van der Waals surface area contributed by atoms with E-state index in [0.717, 1.165) is 5.57 Å². The Balaban J connectivity index is 2.52. The van der Waals surface area contributed by atoms with E-state index in [2.05, 4.69) is 0 Å². The van der Waals surface area contributed by atoms with Crippen molar-refractivity contribution in [2.45, 2.75) is 26.4 Å². The van der Waals surface area contributed by atoms with Crippen LogP contribution in [0.2, 0.25) is 0 Å². The van der Waals surface area contributed by atoms with Crippen molar-refractivity contribution in [2.24, 2.45) is 0 Å². The molecule has 0 radical (unpaired) electrons. The summed E-state index contributed by atoms with van der Waals surface area (Å²) in [4.78, 5) is 13.0. The minimum atomic E-state index is -0.480. The average molecular weight is 211 g/mol. The molecule has 0 spiro atoms. The van der Waals surface area contributed by atoms with Crippen molar-refractivity contribution in [3.63, 3.8) is 0 Å². The van der Waals surface area contributed by atoms with Crippen molar-refractivity contribution in [3.8, 4) is 0 Å². The van der Waals surface area contributed by atoms with Crippen LogP contribution in [-0.4, -0.2) is 34.9 Å². The number of aliphatic hydroxyl groups excluding tert-OH is 1. The van der Waals surface area contributed by atoms with Crippen LogP contribution < -0.4 is 0 Å². The van der Waals surface area contributed by atoms with E-state index in [0.29, 0.717) is 6.54 Å². The van der Waals surface area contributed by atoms with E-state index >= 15 is 0 Å². The summed E-state index contributed by atoms with van der Waals surface area (Å²) in [5.41, 5.74) is 0.334. The Morgan fingerprint density at radius 3 is 2.67 bits per heavy atom. The number of hydrogen-bond acceptors (Lipinski definition) is 3. The van der Waals surface area contributed by atoms with Gasteiger partial charge in [0.25, 0.3) is 0 Å². The molecule has 0 saturated heterocycles. The van der Waals surface area contributed by atoms with Crippen LogP contribution in [-0.2, 0) is 4.74 Å². The van der Waals surface area contributed by atoms with Crippen LogP contribution in [0.3, 0.4) is 0 Å². The monoisotopic (exact) mass is 211 g/mol. The number of rotatable bonds is 1. The van der Waals surface area contributed by atoms with E-state index in [1.54, 1.807) is 18.4 Å². The molecule has 0 fully saturated rings. The molecule has 84 valence electrons. The molecule has 1 N–H and O–H groups in total. The fraction of sp³-hybridized carbons (Fsp3) is 0.545. The van der Waals surface area contributed by atoms with Gasteiger partial charge in [-0.05, 0) is 32.4 Å².